The Labute approximate surface area is 348 Å². The molecule has 8 aromatic carbocycles. The van der Waals surface area contributed by atoms with E-state index in [1.807, 2.05) is 18.2 Å². The van der Waals surface area contributed by atoms with Gasteiger partial charge in [-0.15, -0.1) is 0 Å². The van der Waals surface area contributed by atoms with Crippen LogP contribution < -0.4 is 0 Å². The van der Waals surface area contributed by atoms with E-state index in [1.54, 1.807) is 0 Å². The summed E-state index contributed by atoms with van der Waals surface area (Å²) in [5.74, 6) is 1.80. The van der Waals surface area contributed by atoms with E-state index < -0.39 is 0 Å². The first-order valence-electron chi connectivity index (χ1n) is 20.7. The lowest BCUT2D eigenvalue weighted by atomic mass is 9.98. The first kappa shape index (κ1) is 35.5. The smallest absolute Gasteiger partial charge is 0.238 e. The molecule has 0 amide bonds. The zero-order valence-electron chi connectivity index (χ0n) is 33.2. The van der Waals surface area contributed by atoms with Gasteiger partial charge in [-0.3, -0.25) is 4.57 Å². The number of para-hydroxylation sites is 2. The van der Waals surface area contributed by atoms with Crippen molar-refractivity contribution in [1.29, 1.82) is 0 Å². The molecule has 60 heavy (non-hydrogen) atoms. The van der Waals surface area contributed by atoms with Gasteiger partial charge in [0.05, 0.1) is 11.0 Å². The molecule has 0 aliphatic rings. The molecule has 3 aromatic heterocycles. The first-order chi connectivity index (χ1) is 29.7. The molecule has 0 saturated heterocycles. The van der Waals surface area contributed by atoms with Crippen molar-refractivity contribution in [2.45, 2.75) is 26.2 Å². The highest BCUT2D eigenvalue weighted by Gasteiger charge is 2.20. The van der Waals surface area contributed by atoms with Crippen LogP contribution in [-0.4, -0.2) is 19.5 Å². The van der Waals surface area contributed by atoms with E-state index >= 15 is 0 Å². The first-order valence-corrected chi connectivity index (χ1v) is 20.7. The number of hydrogen-bond acceptors (Lipinski definition) is 4. The predicted molar refractivity (Wildman–Crippen MR) is 247 cm³/mol. The highest BCUT2D eigenvalue weighted by atomic mass is 16.3. The van der Waals surface area contributed by atoms with Crippen LogP contribution in [-0.2, 0) is 6.42 Å². The molecule has 0 atom stereocenters. The summed E-state index contributed by atoms with van der Waals surface area (Å²) in [6.07, 6.45) is 3.42. The van der Waals surface area contributed by atoms with Crippen molar-refractivity contribution < 1.29 is 4.42 Å². The van der Waals surface area contributed by atoms with Crippen LogP contribution in [0.25, 0.3) is 106 Å². The zero-order chi connectivity index (χ0) is 40.0. The maximum Gasteiger partial charge on any atom is 0.238 e. The second-order valence-corrected chi connectivity index (χ2v) is 15.5. The third-order valence-electron chi connectivity index (χ3n) is 11.7. The number of furan rings is 1. The molecule has 286 valence electrons. The van der Waals surface area contributed by atoms with Gasteiger partial charge in [-0.25, -0.2) is 4.98 Å². The number of fused-ring (bicyclic) bond motifs is 6. The Morgan fingerprint density at radius 3 is 1.90 bits per heavy atom. The van der Waals surface area contributed by atoms with Crippen molar-refractivity contribution in [3.05, 3.63) is 194 Å². The van der Waals surface area contributed by atoms with Crippen LogP contribution in [0.2, 0.25) is 0 Å². The molecular formula is C55H40N4O. The zero-order valence-corrected chi connectivity index (χ0v) is 33.2. The number of nitrogens with zero attached hydrogens (tertiary/aromatic N) is 4. The Kier molecular flexibility index (Phi) is 8.85. The molecule has 0 fully saturated rings. The second-order valence-electron chi connectivity index (χ2n) is 15.5. The molecule has 11 aromatic rings. The average molecular weight is 773 g/mol. The number of rotatable bonds is 9. The normalized spacial score (nSPS) is 11.6. The van der Waals surface area contributed by atoms with Gasteiger partial charge in [0.1, 0.15) is 11.2 Å². The summed E-state index contributed by atoms with van der Waals surface area (Å²) >= 11 is 0. The average Bonchev–Trinajstić information content (AvgIpc) is 3.87. The van der Waals surface area contributed by atoms with Gasteiger partial charge in [0.25, 0.3) is 0 Å². The Hall–Kier alpha value is -7.63. The van der Waals surface area contributed by atoms with E-state index in [-0.39, 0.29) is 0 Å². The number of aromatic nitrogens is 4. The van der Waals surface area contributed by atoms with E-state index in [9.17, 15) is 0 Å². The van der Waals surface area contributed by atoms with Crippen molar-refractivity contribution in [2.24, 2.45) is 0 Å². The number of aryl methyl sites for hydroxylation is 1. The highest BCUT2D eigenvalue weighted by molar-refractivity contribution is 6.15. The van der Waals surface area contributed by atoms with Crippen molar-refractivity contribution in [3.8, 4) is 62.1 Å². The van der Waals surface area contributed by atoms with Crippen LogP contribution in [0, 0.1) is 0 Å². The molecule has 5 heteroatoms. The van der Waals surface area contributed by atoms with Gasteiger partial charge >= 0.3 is 0 Å². The van der Waals surface area contributed by atoms with Crippen molar-refractivity contribution in [3.63, 3.8) is 0 Å². The summed E-state index contributed by atoms with van der Waals surface area (Å²) < 4.78 is 8.47. The van der Waals surface area contributed by atoms with E-state index in [2.05, 4.69) is 181 Å². The minimum absolute atomic E-state index is 0.566. The SMILES string of the molecule is CCCCc1cccc(-c2cccc(-c3nc(-c4ccc(-c5ccccc5)cc4)nc(-n4c5ccccc5c5cc(-c6cccc7oc8ccccc8c67)ccc54)n3)c2)c1. The maximum absolute atomic E-state index is 6.28. The summed E-state index contributed by atoms with van der Waals surface area (Å²) in [7, 11) is 0. The number of hydrogen-bond donors (Lipinski definition) is 0. The quantitative estimate of drug-likeness (QED) is 0.147. The molecule has 0 unspecified atom stereocenters. The van der Waals surface area contributed by atoms with Gasteiger partial charge in [0.15, 0.2) is 11.6 Å². The molecule has 0 radical (unpaired) electrons. The van der Waals surface area contributed by atoms with E-state index in [0.29, 0.717) is 17.6 Å². The van der Waals surface area contributed by atoms with E-state index in [1.165, 1.54) is 29.5 Å². The van der Waals surface area contributed by atoms with Crippen LogP contribution in [0.1, 0.15) is 25.3 Å². The molecular weight excluding hydrogens is 733 g/mol. The van der Waals surface area contributed by atoms with Crippen molar-refractivity contribution in [1.82, 2.24) is 19.5 Å². The van der Waals surface area contributed by atoms with E-state index in [4.69, 9.17) is 19.4 Å². The molecule has 5 nitrogen and oxygen atoms in total. The van der Waals surface area contributed by atoms with Crippen LogP contribution in [0.4, 0.5) is 0 Å². The molecule has 0 spiro atoms. The molecule has 0 aliphatic heterocycles. The highest BCUT2D eigenvalue weighted by Crippen LogP contribution is 2.40. The lowest BCUT2D eigenvalue weighted by Crippen LogP contribution is -2.06. The number of unbranched alkanes of at least 4 members (excludes halogenated alkanes) is 1. The molecule has 3 heterocycles. The minimum Gasteiger partial charge on any atom is -0.456 e. The van der Waals surface area contributed by atoms with Gasteiger partial charge in [0.2, 0.25) is 5.95 Å². The minimum atomic E-state index is 0.566. The summed E-state index contributed by atoms with van der Waals surface area (Å²) in [5, 5.41) is 4.48. The molecule has 0 saturated carbocycles. The fourth-order valence-electron chi connectivity index (χ4n) is 8.66. The Morgan fingerprint density at radius 2 is 1.05 bits per heavy atom. The monoisotopic (exact) mass is 772 g/mol. The molecule has 0 bridgehead atoms. The second kappa shape index (κ2) is 14.9. The largest absolute Gasteiger partial charge is 0.456 e. The van der Waals surface area contributed by atoms with Gasteiger partial charge in [-0.1, -0.05) is 165 Å². The molecule has 0 N–H and O–H groups in total. The Balaban J connectivity index is 1.09. The predicted octanol–water partition coefficient (Wildman–Crippen LogP) is 14.5. The van der Waals surface area contributed by atoms with Gasteiger partial charge in [-0.2, -0.15) is 9.97 Å². The van der Waals surface area contributed by atoms with Crippen LogP contribution in [0.15, 0.2) is 192 Å². The number of benzene rings is 8. The standard InChI is InChI=1S/C55H40N4O/c1-2-3-14-36-15-11-18-40(33-36)41-19-12-20-43(34-41)54-56-53(39-29-27-38(28-30-39)37-16-5-4-6-17-37)57-55(58-54)59-48-24-9-7-21-45(48)47-35-42(31-32-49(47)59)44-23-13-26-51-52(44)46-22-8-10-25-50(46)60-51/h4-13,15-35H,2-3,14H2,1H3. The summed E-state index contributed by atoms with van der Waals surface area (Å²) in [5.41, 5.74) is 13.9. The maximum atomic E-state index is 6.28. The third kappa shape index (κ3) is 6.32. The fraction of sp³-hybridized carbons (Fsp3) is 0.0727. The van der Waals surface area contributed by atoms with Crippen molar-refractivity contribution in [2.75, 3.05) is 0 Å². The van der Waals surface area contributed by atoms with Gasteiger partial charge in [-0.05, 0) is 88.2 Å². The summed E-state index contributed by atoms with van der Waals surface area (Å²) in [4.78, 5) is 15.8. The van der Waals surface area contributed by atoms with Crippen LogP contribution >= 0.6 is 0 Å². The fourth-order valence-corrected chi connectivity index (χ4v) is 8.66. The van der Waals surface area contributed by atoms with Crippen molar-refractivity contribution >= 4 is 43.7 Å². The lowest BCUT2D eigenvalue weighted by Gasteiger charge is -2.12. The summed E-state index contributed by atoms with van der Waals surface area (Å²) in [6.45, 7) is 2.24. The Bertz CT molecular complexity index is 3360. The van der Waals surface area contributed by atoms with Gasteiger partial charge in [0, 0.05) is 32.7 Å². The molecule has 0 aliphatic carbocycles. The van der Waals surface area contributed by atoms with Crippen LogP contribution in [0.3, 0.4) is 0 Å². The summed E-state index contributed by atoms with van der Waals surface area (Å²) in [6, 6.07) is 66.3. The topological polar surface area (TPSA) is 56.7 Å². The van der Waals surface area contributed by atoms with E-state index in [0.717, 1.165) is 83.5 Å². The Morgan fingerprint density at radius 1 is 0.433 bits per heavy atom. The lowest BCUT2D eigenvalue weighted by molar-refractivity contribution is 0.669. The molecule has 11 rings (SSSR count). The third-order valence-corrected chi connectivity index (χ3v) is 11.7. The van der Waals surface area contributed by atoms with Gasteiger partial charge < -0.3 is 4.42 Å². The van der Waals surface area contributed by atoms with Crippen LogP contribution in [0.5, 0.6) is 0 Å².